The quantitative estimate of drug-likeness (QED) is 0.689. The summed E-state index contributed by atoms with van der Waals surface area (Å²) in [5.41, 5.74) is 5.19. The van der Waals surface area contributed by atoms with E-state index in [-0.39, 0.29) is 6.42 Å². The van der Waals surface area contributed by atoms with Gasteiger partial charge >= 0.3 is 6.18 Å². The van der Waals surface area contributed by atoms with Gasteiger partial charge in [0.15, 0.2) is 0 Å². The lowest BCUT2D eigenvalue weighted by Gasteiger charge is -2.22. The maximum atomic E-state index is 12.1. The molecule has 0 saturated heterocycles. The third-order valence-corrected chi connectivity index (χ3v) is 1.65. The van der Waals surface area contributed by atoms with Gasteiger partial charge in [-0.15, -0.1) is 0 Å². The minimum Gasteiger partial charge on any atom is -0.327 e. The summed E-state index contributed by atoms with van der Waals surface area (Å²) in [5.74, 6) is -1.34. The molecule has 68 valence electrons. The monoisotopic (exact) mass is 169 g/mol. The van der Waals surface area contributed by atoms with Crippen LogP contribution in [-0.4, -0.2) is 12.2 Å². The standard InChI is InChI=1S/C7H14F3N/c1-3-4-6(5(2)11)7(8,9)10/h5-6H,3-4,11H2,1-2H3. The van der Waals surface area contributed by atoms with Crippen molar-refractivity contribution in [2.75, 3.05) is 0 Å². The van der Waals surface area contributed by atoms with Crippen LogP contribution in [0, 0.1) is 5.92 Å². The Morgan fingerprint density at radius 2 is 1.82 bits per heavy atom. The Hall–Kier alpha value is -0.250. The van der Waals surface area contributed by atoms with Crippen LogP contribution < -0.4 is 5.73 Å². The second-order valence-corrected chi connectivity index (χ2v) is 2.80. The molecule has 0 spiro atoms. The minimum absolute atomic E-state index is 0.126. The van der Waals surface area contributed by atoms with Crippen LogP contribution in [0.15, 0.2) is 0 Å². The SMILES string of the molecule is CCCC(C(C)N)C(F)(F)F. The molecule has 4 heteroatoms. The highest BCUT2D eigenvalue weighted by Crippen LogP contribution is 2.31. The molecule has 0 amide bonds. The Bertz CT molecular complexity index is 109. The van der Waals surface area contributed by atoms with Gasteiger partial charge in [0.25, 0.3) is 0 Å². The molecular formula is C7H14F3N. The largest absolute Gasteiger partial charge is 0.393 e. The van der Waals surface area contributed by atoms with E-state index in [1.807, 2.05) is 0 Å². The van der Waals surface area contributed by atoms with E-state index in [1.165, 1.54) is 6.92 Å². The van der Waals surface area contributed by atoms with Crippen LogP contribution in [0.3, 0.4) is 0 Å². The summed E-state index contributed by atoms with van der Waals surface area (Å²) in [6.07, 6.45) is -3.49. The summed E-state index contributed by atoms with van der Waals surface area (Å²) in [5, 5.41) is 0. The summed E-state index contributed by atoms with van der Waals surface area (Å²) in [6, 6.07) is -0.796. The van der Waals surface area contributed by atoms with E-state index in [9.17, 15) is 13.2 Å². The van der Waals surface area contributed by atoms with Gasteiger partial charge in [-0.25, -0.2) is 0 Å². The first-order chi connectivity index (χ1) is 4.89. The van der Waals surface area contributed by atoms with Crippen molar-refractivity contribution in [1.29, 1.82) is 0 Å². The van der Waals surface area contributed by atoms with Crippen LogP contribution in [0.5, 0.6) is 0 Å². The predicted octanol–water partition coefficient (Wildman–Crippen LogP) is 2.31. The van der Waals surface area contributed by atoms with Crippen molar-refractivity contribution in [3.63, 3.8) is 0 Å². The van der Waals surface area contributed by atoms with Gasteiger partial charge in [-0.05, 0) is 13.3 Å². The molecule has 0 saturated carbocycles. The molecule has 0 aliphatic carbocycles. The van der Waals surface area contributed by atoms with Gasteiger partial charge < -0.3 is 5.73 Å². The zero-order chi connectivity index (χ0) is 9.07. The average molecular weight is 169 g/mol. The fourth-order valence-corrected chi connectivity index (χ4v) is 1.04. The van der Waals surface area contributed by atoms with Crippen LogP contribution in [0.25, 0.3) is 0 Å². The molecule has 0 rings (SSSR count). The van der Waals surface area contributed by atoms with E-state index in [1.54, 1.807) is 6.92 Å². The molecule has 11 heavy (non-hydrogen) atoms. The number of rotatable bonds is 3. The Balaban J connectivity index is 4.10. The number of hydrogen-bond donors (Lipinski definition) is 1. The van der Waals surface area contributed by atoms with Crippen molar-refractivity contribution >= 4 is 0 Å². The Labute approximate surface area is 64.8 Å². The number of hydrogen-bond acceptors (Lipinski definition) is 1. The molecule has 0 aliphatic rings. The molecule has 0 aromatic heterocycles. The average Bonchev–Trinajstić information content (AvgIpc) is 1.79. The van der Waals surface area contributed by atoms with E-state index >= 15 is 0 Å². The highest BCUT2D eigenvalue weighted by Gasteiger charge is 2.40. The van der Waals surface area contributed by atoms with Crippen LogP contribution in [-0.2, 0) is 0 Å². The normalized spacial score (nSPS) is 18.0. The molecule has 0 fully saturated rings. The maximum Gasteiger partial charge on any atom is 0.393 e. The van der Waals surface area contributed by atoms with Gasteiger partial charge in [0.1, 0.15) is 0 Å². The molecule has 2 unspecified atom stereocenters. The van der Waals surface area contributed by atoms with Crippen molar-refractivity contribution in [3.8, 4) is 0 Å². The lowest BCUT2D eigenvalue weighted by Crippen LogP contribution is -2.37. The first kappa shape index (κ1) is 10.8. The van der Waals surface area contributed by atoms with Crippen LogP contribution in [0.2, 0.25) is 0 Å². The zero-order valence-corrected chi connectivity index (χ0v) is 6.78. The zero-order valence-electron chi connectivity index (χ0n) is 6.78. The lowest BCUT2D eigenvalue weighted by molar-refractivity contribution is -0.180. The van der Waals surface area contributed by atoms with Gasteiger partial charge in [0, 0.05) is 6.04 Å². The van der Waals surface area contributed by atoms with Crippen LogP contribution >= 0.6 is 0 Å². The highest BCUT2D eigenvalue weighted by atomic mass is 19.4. The molecular weight excluding hydrogens is 155 g/mol. The van der Waals surface area contributed by atoms with E-state index in [4.69, 9.17) is 5.73 Å². The van der Waals surface area contributed by atoms with E-state index in [2.05, 4.69) is 0 Å². The molecule has 0 aromatic rings. The molecule has 0 bridgehead atoms. The summed E-state index contributed by atoms with van der Waals surface area (Å²) in [7, 11) is 0. The van der Waals surface area contributed by atoms with Crippen molar-refractivity contribution in [2.24, 2.45) is 11.7 Å². The van der Waals surface area contributed by atoms with E-state index in [0.717, 1.165) is 0 Å². The topological polar surface area (TPSA) is 26.0 Å². The molecule has 0 aliphatic heterocycles. The molecule has 0 aromatic carbocycles. The molecule has 1 nitrogen and oxygen atoms in total. The van der Waals surface area contributed by atoms with Gasteiger partial charge in [0.05, 0.1) is 5.92 Å². The van der Waals surface area contributed by atoms with Crippen molar-refractivity contribution in [3.05, 3.63) is 0 Å². The molecule has 0 radical (unpaired) electrons. The first-order valence-electron chi connectivity index (χ1n) is 3.71. The second kappa shape index (κ2) is 3.95. The fraction of sp³-hybridized carbons (Fsp3) is 1.00. The van der Waals surface area contributed by atoms with Crippen molar-refractivity contribution < 1.29 is 13.2 Å². The Kier molecular flexibility index (Phi) is 3.86. The van der Waals surface area contributed by atoms with Gasteiger partial charge in [0.2, 0.25) is 0 Å². The molecule has 0 heterocycles. The van der Waals surface area contributed by atoms with Crippen molar-refractivity contribution in [1.82, 2.24) is 0 Å². The van der Waals surface area contributed by atoms with E-state index in [0.29, 0.717) is 6.42 Å². The summed E-state index contributed by atoms with van der Waals surface area (Å²) in [6.45, 7) is 3.12. The van der Waals surface area contributed by atoms with Crippen LogP contribution in [0.1, 0.15) is 26.7 Å². The molecule has 2 N–H and O–H groups in total. The maximum absolute atomic E-state index is 12.1. The van der Waals surface area contributed by atoms with E-state index < -0.39 is 18.1 Å². The third-order valence-electron chi connectivity index (χ3n) is 1.65. The molecule has 2 atom stereocenters. The van der Waals surface area contributed by atoms with Crippen molar-refractivity contribution in [2.45, 2.75) is 38.9 Å². The Morgan fingerprint density at radius 3 is 1.91 bits per heavy atom. The number of alkyl halides is 3. The summed E-state index contributed by atoms with van der Waals surface area (Å²) < 4.78 is 36.2. The second-order valence-electron chi connectivity index (χ2n) is 2.80. The lowest BCUT2D eigenvalue weighted by atomic mass is 9.96. The first-order valence-corrected chi connectivity index (χ1v) is 3.71. The Morgan fingerprint density at radius 1 is 1.36 bits per heavy atom. The van der Waals surface area contributed by atoms with Gasteiger partial charge in [-0.1, -0.05) is 13.3 Å². The number of nitrogens with two attached hydrogens (primary N) is 1. The smallest absolute Gasteiger partial charge is 0.327 e. The summed E-state index contributed by atoms with van der Waals surface area (Å²) in [4.78, 5) is 0. The fourth-order valence-electron chi connectivity index (χ4n) is 1.04. The highest BCUT2D eigenvalue weighted by molar-refractivity contribution is 4.74. The number of halogens is 3. The van der Waals surface area contributed by atoms with Gasteiger partial charge in [-0.2, -0.15) is 13.2 Å². The predicted molar refractivity (Wildman–Crippen MR) is 38.1 cm³/mol. The van der Waals surface area contributed by atoms with Gasteiger partial charge in [-0.3, -0.25) is 0 Å². The summed E-state index contributed by atoms with van der Waals surface area (Å²) >= 11 is 0. The third kappa shape index (κ3) is 3.60. The minimum atomic E-state index is -4.13. The van der Waals surface area contributed by atoms with Crippen LogP contribution in [0.4, 0.5) is 13.2 Å².